The summed E-state index contributed by atoms with van der Waals surface area (Å²) in [6, 6.07) is 18.0. The molecule has 0 bridgehead atoms. The van der Waals surface area contributed by atoms with Gasteiger partial charge in [-0.2, -0.15) is 0 Å². The molecule has 0 spiro atoms. The van der Waals surface area contributed by atoms with Gasteiger partial charge in [0.2, 0.25) is 0 Å². The lowest BCUT2D eigenvalue weighted by atomic mass is 10.1. The molecule has 0 saturated heterocycles. The molecule has 6 heteroatoms. The van der Waals surface area contributed by atoms with E-state index in [-0.39, 0.29) is 23.4 Å². The van der Waals surface area contributed by atoms with Crippen LogP contribution >= 0.6 is 0 Å². The number of methoxy groups -OCH3 is 1. The Morgan fingerprint density at radius 2 is 1.50 bits per heavy atom. The zero-order chi connectivity index (χ0) is 25.2. The molecule has 0 aliphatic carbocycles. The van der Waals surface area contributed by atoms with Crippen molar-refractivity contribution in [2.45, 2.75) is 90.2 Å². The topological polar surface area (TPSA) is 54.0 Å². The first kappa shape index (κ1) is 28.2. The Morgan fingerprint density at radius 1 is 0.912 bits per heavy atom. The van der Waals surface area contributed by atoms with Crippen LogP contribution < -0.4 is 4.74 Å². The third-order valence-electron chi connectivity index (χ3n) is 6.62. The fraction of sp³-hybridized carbons (Fsp3) is 0.536. The molecule has 2 rings (SSSR count). The fourth-order valence-electron chi connectivity index (χ4n) is 3.38. The number of carbonyl (C=O) groups excluding carboxylic acids is 1. The van der Waals surface area contributed by atoms with E-state index in [0.29, 0.717) is 26.1 Å². The zero-order valence-corrected chi connectivity index (χ0v) is 22.9. The van der Waals surface area contributed by atoms with Crippen LogP contribution in [0.5, 0.6) is 5.75 Å². The van der Waals surface area contributed by atoms with Crippen LogP contribution in [-0.2, 0) is 31.9 Å². The Labute approximate surface area is 206 Å². The number of rotatable bonds is 14. The summed E-state index contributed by atoms with van der Waals surface area (Å²) in [5, 5.41) is 0.0585. The van der Waals surface area contributed by atoms with Gasteiger partial charge in [-0.25, -0.2) is 0 Å². The number of carbonyl (C=O) groups is 1. The molecule has 0 amide bonds. The summed E-state index contributed by atoms with van der Waals surface area (Å²) in [6.45, 7) is 14.0. The Hall–Kier alpha value is -1.99. The highest BCUT2D eigenvalue weighted by Gasteiger charge is 2.40. The van der Waals surface area contributed by atoms with Crippen LogP contribution in [0.4, 0.5) is 0 Å². The number of aldehydes is 1. The van der Waals surface area contributed by atoms with Gasteiger partial charge in [-0.3, -0.25) is 0 Å². The largest absolute Gasteiger partial charge is 0.497 e. The van der Waals surface area contributed by atoms with Crippen LogP contribution in [0.1, 0.15) is 51.7 Å². The SMILES string of the molecule is COc1ccc(COC(C[C@H](CC=O)O[Si](C)(C)C(C)(C)C)[C@H](C)OCc2ccccc2)cc1. The van der Waals surface area contributed by atoms with Crippen molar-refractivity contribution < 1.29 is 23.4 Å². The van der Waals surface area contributed by atoms with Crippen LogP contribution in [0.3, 0.4) is 0 Å². The predicted octanol–water partition coefficient (Wildman–Crippen LogP) is 6.56. The lowest BCUT2D eigenvalue weighted by Crippen LogP contribution is -2.45. The minimum atomic E-state index is -2.04. The van der Waals surface area contributed by atoms with Crippen molar-refractivity contribution in [1.29, 1.82) is 0 Å². The third kappa shape index (κ3) is 8.99. The summed E-state index contributed by atoms with van der Waals surface area (Å²) in [7, 11) is -0.389. The summed E-state index contributed by atoms with van der Waals surface area (Å²) in [5.41, 5.74) is 2.17. The van der Waals surface area contributed by atoms with Crippen molar-refractivity contribution in [3.63, 3.8) is 0 Å². The Bertz CT molecular complexity index is 845. The van der Waals surface area contributed by atoms with E-state index >= 15 is 0 Å². The average molecular weight is 487 g/mol. The highest BCUT2D eigenvalue weighted by molar-refractivity contribution is 6.74. The smallest absolute Gasteiger partial charge is 0.192 e. The molecule has 0 N–H and O–H groups in total. The molecule has 5 nitrogen and oxygen atoms in total. The molecule has 0 aromatic heterocycles. The van der Waals surface area contributed by atoms with Crippen molar-refractivity contribution in [2.75, 3.05) is 7.11 Å². The van der Waals surface area contributed by atoms with E-state index in [2.05, 4.69) is 46.0 Å². The Kier molecular flexibility index (Phi) is 11.0. The van der Waals surface area contributed by atoms with Gasteiger partial charge in [0.15, 0.2) is 8.32 Å². The van der Waals surface area contributed by atoms with Crippen molar-refractivity contribution in [2.24, 2.45) is 0 Å². The molecule has 0 radical (unpaired) electrons. The van der Waals surface area contributed by atoms with Crippen LogP contribution in [-0.4, -0.2) is 40.0 Å². The normalized spacial score (nSPS) is 14.9. The van der Waals surface area contributed by atoms with Gasteiger partial charge in [0.1, 0.15) is 12.0 Å². The monoisotopic (exact) mass is 486 g/mol. The summed E-state index contributed by atoms with van der Waals surface area (Å²) in [6.07, 6.45) is 1.30. The average Bonchev–Trinajstić information content (AvgIpc) is 2.80. The van der Waals surface area contributed by atoms with Crippen LogP contribution in [0.2, 0.25) is 18.1 Å². The van der Waals surface area contributed by atoms with E-state index in [1.165, 1.54) is 0 Å². The molecule has 34 heavy (non-hydrogen) atoms. The van der Waals surface area contributed by atoms with Gasteiger partial charge < -0.3 is 23.4 Å². The van der Waals surface area contributed by atoms with E-state index in [0.717, 1.165) is 23.2 Å². The molecule has 0 fully saturated rings. The molecular weight excluding hydrogens is 444 g/mol. The molecule has 0 aliphatic rings. The minimum Gasteiger partial charge on any atom is -0.497 e. The summed E-state index contributed by atoms with van der Waals surface area (Å²) in [4.78, 5) is 11.5. The van der Waals surface area contributed by atoms with Crippen LogP contribution in [0, 0.1) is 0 Å². The number of benzene rings is 2. The van der Waals surface area contributed by atoms with E-state index in [1.807, 2.05) is 49.4 Å². The lowest BCUT2D eigenvalue weighted by Gasteiger charge is -2.40. The van der Waals surface area contributed by atoms with Crippen molar-refractivity contribution in [1.82, 2.24) is 0 Å². The molecule has 0 aliphatic heterocycles. The standard InChI is InChI=1S/C28H42O5Si/c1-22(31-20-23-11-9-8-10-12-23)27(32-21-24-13-15-25(30-5)16-14-24)19-26(17-18-29)33-34(6,7)28(2,3)4/h8-16,18,22,26-27H,17,19-21H2,1-7H3/t22-,26-,27?/m0/s1. The maximum Gasteiger partial charge on any atom is 0.192 e. The molecule has 188 valence electrons. The molecule has 2 aromatic carbocycles. The van der Waals surface area contributed by atoms with E-state index in [9.17, 15) is 4.79 Å². The van der Waals surface area contributed by atoms with Gasteiger partial charge in [0, 0.05) is 12.8 Å². The number of ether oxygens (including phenoxy) is 3. The Balaban J connectivity index is 2.13. The number of hydrogen-bond acceptors (Lipinski definition) is 5. The van der Waals surface area contributed by atoms with Crippen molar-refractivity contribution in [3.8, 4) is 5.75 Å². The molecule has 0 saturated carbocycles. The first-order valence-corrected chi connectivity index (χ1v) is 15.0. The maximum absolute atomic E-state index is 11.5. The van der Waals surface area contributed by atoms with Crippen molar-refractivity contribution >= 4 is 14.6 Å². The van der Waals surface area contributed by atoms with Gasteiger partial charge in [0.05, 0.1) is 38.6 Å². The van der Waals surface area contributed by atoms with Gasteiger partial charge in [-0.05, 0) is 48.3 Å². The molecular formula is C28H42O5Si. The zero-order valence-electron chi connectivity index (χ0n) is 21.9. The molecule has 0 heterocycles. The second-order valence-electron chi connectivity index (χ2n) is 10.3. The summed E-state index contributed by atoms with van der Waals surface area (Å²) in [5.74, 6) is 0.814. The van der Waals surface area contributed by atoms with E-state index in [1.54, 1.807) is 7.11 Å². The van der Waals surface area contributed by atoms with Gasteiger partial charge >= 0.3 is 0 Å². The highest BCUT2D eigenvalue weighted by atomic mass is 28.4. The molecule has 2 aromatic rings. The highest BCUT2D eigenvalue weighted by Crippen LogP contribution is 2.38. The van der Waals surface area contributed by atoms with Gasteiger partial charge in [-0.1, -0.05) is 63.2 Å². The van der Waals surface area contributed by atoms with Crippen molar-refractivity contribution in [3.05, 3.63) is 65.7 Å². The first-order valence-electron chi connectivity index (χ1n) is 12.1. The maximum atomic E-state index is 11.5. The summed E-state index contributed by atoms with van der Waals surface area (Å²) >= 11 is 0. The second-order valence-corrected chi connectivity index (χ2v) is 15.1. The fourth-order valence-corrected chi connectivity index (χ4v) is 4.76. The molecule has 3 atom stereocenters. The predicted molar refractivity (Wildman–Crippen MR) is 140 cm³/mol. The van der Waals surface area contributed by atoms with Crippen LogP contribution in [0.25, 0.3) is 0 Å². The van der Waals surface area contributed by atoms with E-state index in [4.69, 9.17) is 18.6 Å². The van der Waals surface area contributed by atoms with Gasteiger partial charge in [-0.15, -0.1) is 0 Å². The van der Waals surface area contributed by atoms with Crippen LogP contribution in [0.15, 0.2) is 54.6 Å². The van der Waals surface area contributed by atoms with E-state index < -0.39 is 8.32 Å². The molecule has 1 unspecified atom stereocenters. The number of hydrogen-bond donors (Lipinski definition) is 0. The minimum absolute atomic E-state index is 0.0585. The Morgan fingerprint density at radius 3 is 2.06 bits per heavy atom. The quantitative estimate of drug-likeness (QED) is 0.224. The third-order valence-corrected chi connectivity index (χ3v) is 11.2. The lowest BCUT2D eigenvalue weighted by molar-refractivity contribution is -0.112. The summed E-state index contributed by atoms with van der Waals surface area (Å²) < 4.78 is 24.5. The second kappa shape index (κ2) is 13.2. The van der Waals surface area contributed by atoms with Gasteiger partial charge in [0.25, 0.3) is 0 Å². The first-order chi connectivity index (χ1) is 16.1.